The highest BCUT2D eigenvalue weighted by molar-refractivity contribution is 7.91. The average Bonchev–Trinajstić information content (AvgIpc) is 2.78. The molecule has 7 heteroatoms. The van der Waals surface area contributed by atoms with Gasteiger partial charge in [0.25, 0.3) is 0 Å². The van der Waals surface area contributed by atoms with Crippen molar-refractivity contribution < 1.29 is 13.5 Å². The van der Waals surface area contributed by atoms with Crippen molar-refractivity contribution in [1.82, 2.24) is 9.97 Å². The van der Waals surface area contributed by atoms with E-state index < -0.39 is 26.4 Å². The maximum Gasteiger partial charge on any atom is 0.326 e. The Hall–Kier alpha value is -2.54. The summed E-state index contributed by atoms with van der Waals surface area (Å²) in [5.41, 5.74) is -0.777. The number of rotatable bonds is 2. The fourth-order valence-electron chi connectivity index (χ4n) is 2.09. The summed E-state index contributed by atoms with van der Waals surface area (Å²) in [7, 11) is -4.01. The van der Waals surface area contributed by atoms with Gasteiger partial charge >= 0.3 is 5.69 Å². The molecule has 0 aliphatic rings. The Kier molecular flexibility index (Phi) is 2.65. The maximum absolute atomic E-state index is 12.5. The fourth-order valence-corrected chi connectivity index (χ4v) is 3.58. The highest BCUT2D eigenvalue weighted by Crippen LogP contribution is 2.29. The molecule has 6 nitrogen and oxygen atoms in total. The molecular formula is C13H10N2O4S. The molecule has 1 heterocycles. The van der Waals surface area contributed by atoms with E-state index in [0.29, 0.717) is 5.39 Å². The third kappa shape index (κ3) is 1.79. The second-order valence-electron chi connectivity index (χ2n) is 4.24. The van der Waals surface area contributed by atoms with E-state index in [1.807, 2.05) is 4.98 Å². The molecule has 20 heavy (non-hydrogen) atoms. The summed E-state index contributed by atoms with van der Waals surface area (Å²) in [5.74, 6) is -0.692. The van der Waals surface area contributed by atoms with Gasteiger partial charge in [-0.3, -0.25) is 9.97 Å². The summed E-state index contributed by atoms with van der Waals surface area (Å²) in [6.45, 7) is 0. The predicted octanol–water partition coefficient (Wildman–Crippen LogP) is 1.39. The van der Waals surface area contributed by atoms with E-state index >= 15 is 0 Å². The molecule has 2 aromatic carbocycles. The van der Waals surface area contributed by atoms with E-state index in [-0.39, 0.29) is 4.90 Å². The number of hydrogen-bond acceptors (Lipinski definition) is 4. The zero-order chi connectivity index (χ0) is 14.3. The Morgan fingerprint density at radius 2 is 1.65 bits per heavy atom. The van der Waals surface area contributed by atoms with Crippen molar-refractivity contribution in [3.8, 4) is 5.88 Å². The van der Waals surface area contributed by atoms with Crippen molar-refractivity contribution in [1.29, 1.82) is 0 Å². The van der Waals surface area contributed by atoms with E-state index in [9.17, 15) is 18.3 Å². The molecular weight excluding hydrogens is 280 g/mol. The summed E-state index contributed by atoms with van der Waals surface area (Å²) >= 11 is 0. The van der Waals surface area contributed by atoms with E-state index in [0.717, 1.165) is 5.39 Å². The van der Waals surface area contributed by atoms with Gasteiger partial charge in [0.15, 0.2) is 0 Å². The third-order valence-electron chi connectivity index (χ3n) is 2.98. The summed E-state index contributed by atoms with van der Waals surface area (Å²) in [5, 5.41) is 10.3. The SMILES string of the molecule is O=c1[nH]c(O)c(S(=O)(=O)c2cccc3ccccc23)[nH]1. The normalized spacial score (nSPS) is 11.8. The van der Waals surface area contributed by atoms with Crippen molar-refractivity contribution in [3.05, 3.63) is 52.9 Å². The molecule has 0 bridgehead atoms. The Bertz CT molecular complexity index is 948. The molecule has 0 unspecified atom stereocenters. The number of aromatic nitrogens is 2. The molecule has 3 N–H and O–H groups in total. The van der Waals surface area contributed by atoms with Gasteiger partial charge in [0.05, 0.1) is 4.90 Å². The van der Waals surface area contributed by atoms with Crippen LogP contribution in [-0.2, 0) is 9.84 Å². The zero-order valence-electron chi connectivity index (χ0n) is 10.1. The quantitative estimate of drug-likeness (QED) is 0.663. The van der Waals surface area contributed by atoms with Crippen molar-refractivity contribution in [2.45, 2.75) is 9.92 Å². The molecule has 0 aliphatic heterocycles. The van der Waals surface area contributed by atoms with E-state index in [2.05, 4.69) is 4.98 Å². The number of hydrogen-bond donors (Lipinski definition) is 3. The number of imidazole rings is 1. The Labute approximate surface area is 113 Å². The van der Waals surface area contributed by atoms with Gasteiger partial charge in [-0.25, -0.2) is 13.2 Å². The lowest BCUT2D eigenvalue weighted by atomic mass is 10.1. The van der Waals surface area contributed by atoms with Crippen LogP contribution in [0.15, 0.2) is 57.2 Å². The van der Waals surface area contributed by atoms with Crippen molar-refractivity contribution in [2.75, 3.05) is 0 Å². The molecule has 0 fully saturated rings. The molecule has 0 amide bonds. The van der Waals surface area contributed by atoms with Crippen LogP contribution in [0.1, 0.15) is 0 Å². The highest BCUT2D eigenvalue weighted by atomic mass is 32.2. The maximum atomic E-state index is 12.5. The van der Waals surface area contributed by atoms with Crippen molar-refractivity contribution >= 4 is 20.6 Å². The number of benzene rings is 2. The number of H-pyrrole nitrogens is 2. The number of nitrogens with one attached hydrogen (secondary N) is 2. The minimum atomic E-state index is -4.01. The summed E-state index contributed by atoms with van der Waals surface area (Å²) in [6.07, 6.45) is 0. The second-order valence-corrected chi connectivity index (χ2v) is 6.09. The monoisotopic (exact) mass is 290 g/mol. The van der Waals surface area contributed by atoms with Crippen molar-refractivity contribution in [2.24, 2.45) is 0 Å². The summed E-state index contributed by atoms with van der Waals surface area (Å²) in [6, 6.07) is 11.8. The average molecular weight is 290 g/mol. The number of fused-ring (bicyclic) bond motifs is 1. The molecule has 0 aliphatic carbocycles. The first kappa shape index (κ1) is 12.5. The van der Waals surface area contributed by atoms with Gasteiger partial charge in [-0.05, 0) is 11.5 Å². The molecule has 0 saturated heterocycles. The lowest BCUT2D eigenvalue weighted by molar-refractivity contribution is 0.439. The highest BCUT2D eigenvalue weighted by Gasteiger charge is 2.26. The number of aromatic hydroxyl groups is 1. The lowest BCUT2D eigenvalue weighted by Gasteiger charge is -2.06. The smallest absolute Gasteiger partial charge is 0.326 e. The van der Waals surface area contributed by atoms with Gasteiger partial charge in [-0.15, -0.1) is 0 Å². The van der Waals surface area contributed by atoms with Crippen LogP contribution in [0, 0.1) is 0 Å². The predicted molar refractivity (Wildman–Crippen MR) is 72.5 cm³/mol. The molecule has 3 rings (SSSR count). The zero-order valence-corrected chi connectivity index (χ0v) is 10.9. The van der Waals surface area contributed by atoms with Crippen LogP contribution in [-0.4, -0.2) is 23.5 Å². The molecule has 0 saturated carbocycles. The van der Waals surface area contributed by atoms with Crippen molar-refractivity contribution in [3.63, 3.8) is 0 Å². The lowest BCUT2D eigenvalue weighted by Crippen LogP contribution is -2.07. The number of sulfone groups is 1. The molecule has 102 valence electrons. The van der Waals surface area contributed by atoms with Gasteiger partial charge in [0.2, 0.25) is 20.7 Å². The Balaban J connectivity index is 2.35. The van der Waals surface area contributed by atoms with Gasteiger partial charge in [-0.2, -0.15) is 0 Å². The minimum absolute atomic E-state index is 0.0288. The second kappa shape index (κ2) is 4.24. The summed E-state index contributed by atoms with van der Waals surface area (Å²) < 4.78 is 25.1. The standard InChI is InChI=1S/C13H10N2O4S/c16-11-12(15-13(17)14-11)20(18,19)10-7-3-5-8-4-1-2-6-9(8)10/h1-7,16H,(H2,14,15,17). The molecule has 0 atom stereocenters. The first-order valence-electron chi connectivity index (χ1n) is 5.74. The minimum Gasteiger partial charge on any atom is -0.492 e. The molecule has 1 aromatic heterocycles. The third-order valence-corrected chi connectivity index (χ3v) is 4.75. The molecule has 0 spiro atoms. The van der Waals surface area contributed by atoms with Crippen LogP contribution < -0.4 is 5.69 Å². The largest absolute Gasteiger partial charge is 0.492 e. The van der Waals surface area contributed by atoms with Gasteiger partial charge < -0.3 is 5.11 Å². The molecule has 3 aromatic rings. The van der Waals surface area contributed by atoms with Crippen LogP contribution in [0.25, 0.3) is 10.8 Å². The van der Waals surface area contributed by atoms with E-state index in [1.54, 1.807) is 36.4 Å². The van der Waals surface area contributed by atoms with Crippen LogP contribution >= 0.6 is 0 Å². The Morgan fingerprint density at radius 1 is 0.950 bits per heavy atom. The first-order valence-corrected chi connectivity index (χ1v) is 7.22. The Morgan fingerprint density at radius 3 is 2.35 bits per heavy atom. The topological polar surface area (TPSA) is 103 Å². The van der Waals surface area contributed by atoms with E-state index in [4.69, 9.17) is 0 Å². The number of aromatic amines is 2. The fraction of sp³-hybridized carbons (Fsp3) is 0. The first-order chi connectivity index (χ1) is 9.50. The van der Waals surface area contributed by atoms with Crippen LogP contribution in [0.3, 0.4) is 0 Å². The summed E-state index contributed by atoms with van der Waals surface area (Å²) in [4.78, 5) is 15.2. The van der Waals surface area contributed by atoms with Crippen LogP contribution in [0.5, 0.6) is 5.88 Å². The van der Waals surface area contributed by atoms with E-state index in [1.165, 1.54) is 6.07 Å². The van der Waals surface area contributed by atoms with Crippen LogP contribution in [0.2, 0.25) is 0 Å². The molecule has 0 radical (unpaired) electrons. The van der Waals surface area contributed by atoms with Gasteiger partial charge in [-0.1, -0.05) is 36.4 Å². The van der Waals surface area contributed by atoms with Gasteiger partial charge in [0.1, 0.15) is 0 Å². The van der Waals surface area contributed by atoms with Crippen LogP contribution in [0.4, 0.5) is 0 Å². The van der Waals surface area contributed by atoms with Gasteiger partial charge in [0, 0.05) is 5.39 Å².